The number of benzene rings is 1. The number of aryl methyl sites for hydroxylation is 1. The Kier molecular flexibility index (Phi) is 6.81. The van der Waals surface area contributed by atoms with Gasteiger partial charge in [0, 0.05) is 23.6 Å². The normalized spacial score (nSPS) is 11.6. The van der Waals surface area contributed by atoms with Crippen molar-refractivity contribution in [3.8, 4) is 11.4 Å². The number of methoxy groups -OCH3 is 1. The fourth-order valence-corrected chi connectivity index (χ4v) is 2.91. The Labute approximate surface area is 163 Å². The number of carbonyl (C=O) groups excluding carboxylic acids is 2. The Morgan fingerprint density at radius 2 is 1.82 bits per heavy atom. The van der Waals surface area contributed by atoms with Gasteiger partial charge in [0.2, 0.25) is 5.91 Å². The van der Waals surface area contributed by atoms with Crippen molar-refractivity contribution in [3.63, 3.8) is 0 Å². The van der Waals surface area contributed by atoms with Crippen molar-refractivity contribution >= 4 is 17.8 Å². The lowest BCUT2D eigenvalue weighted by atomic mass is 10.2. The van der Waals surface area contributed by atoms with Crippen LogP contribution >= 0.6 is 0 Å². The molecule has 0 bridgehead atoms. The van der Waals surface area contributed by atoms with E-state index < -0.39 is 17.9 Å². The van der Waals surface area contributed by atoms with Crippen LogP contribution in [0.2, 0.25) is 0 Å². The highest BCUT2D eigenvalue weighted by atomic mass is 16.5. The summed E-state index contributed by atoms with van der Waals surface area (Å²) < 4.78 is 7.12. The molecule has 2 rings (SSSR count). The molecule has 0 radical (unpaired) electrons. The van der Waals surface area contributed by atoms with E-state index in [0.717, 1.165) is 22.8 Å². The van der Waals surface area contributed by atoms with Crippen LogP contribution < -0.4 is 15.4 Å². The number of carboxylic acids is 1. The molecule has 28 heavy (non-hydrogen) atoms. The molecule has 2 aromatic rings. The third-order valence-electron chi connectivity index (χ3n) is 4.39. The fourth-order valence-electron chi connectivity index (χ4n) is 2.91. The van der Waals surface area contributed by atoms with Crippen LogP contribution in [0.15, 0.2) is 30.3 Å². The van der Waals surface area contributed by atoms with Crippen molar-refractivity contribution in [2.45, 2.75) is 33.2 Å². The molecule has 3 N–H and O–H groups in total. The molecule has 1 aromatic carbocycles. The summed E-state index contributed by atoms with van der Waals surface area (Å²) in [6, 6.07) is 8.47. The molecule has 0 aliphatic carbocycles. The van der Waals surface area contributed by atoms with Crippen LogP contribution in [0.1, 0.15) is 35.1 Å². The molecule has 8 heteroatoms. The number of nitrogens with one attached hydrogen (secondary N) is 2. The monoisotopic (exact) mass is 387 g/mol. The second kappa shape index (κ2) is 9.07. The average Bonchev–Trinajstić information content (AvgIpc) is 2.95. The van der Waals surface area contributed by atoms with Gasteiger partial charge in [-0.3, -0.25) is 14.4 Å². The molecule has 150 valence electrons. The van der Waals surface area contributed by atoms with Crippen molar-refractivity contribution in [1.29, 1.82) is 0 Å². The van der Waals surface area contributed by atoms with Gasteiger partial charge >= 0.3 is 5.97 Å². The SMILES string of the molecule is COc1ccc(-n2c(C)cc(C(=O)NC(C)C(=O)NCCC(=O)O)c2C)cc1. The Bertz CT molecular complexity index is 871. The summed E-state index contributed by atoms with van der Waals surface area (Å²) in [5.74, 6) is -1.05. The smallest absolute Gasteiger partial charge is 0.305 e. The number of rotatable bonds is 8. The molecule has 0 spiro atoms. The minimum absolute atomic E-state index is 0.0142. The molecule has 0 aliphatic rings. The number of carboxylic acid groups (broad SMARTS) is 1. The van der Waals surface area contributed by atoms with Gasteiger partial charge in [-0.2, -0.15) is 0 Å². The molecule has 1 unspecified atom stereocenters. The van der Waals surface area contributed by atoms with Crippen LogP contribution in [0, 0.1) is 13.8 Å². The number of ether oxygens (including phenoxy) is 1. The number of carbonyl (C=O) groups is 3. The predicted octanol–water partition coefficient (Wildman–Crippen LogP) is 1.81. The second-order valence-electron chi connectivity index (χ2n) is 6.45. The summed E-state index contributed by atoms with van der Waals surface area (Å²) in [6.07, 6.45) is -0.171. The van der Waals surface area contributed by atoms with Crippen LogP contribution in [-0.4, -0.2) is 47.2 Å². The predicted molar refractivity (Wildman–Crippen MR) is 104 cm³/mol. The maximum Gasteiger partial charge on any atom is 0.305 e. The van der Waals surface area contributed by atoms with Gasteiger partial charge < -0.3 is 25.0 Å². The number of aliphatic carboxylic acids is 1. The molecule has 1 aromatic heterocycles. The van der Waals surface area contributed by atoms with Crippen LogP contribution in [0.5, 0.6) is 5.75 Å². The Morgan fingerprint density at radius 1 is 1.18 bits per heavy atom. The molecule has 0 saturated heterocycles. The van der Waals surface area contributed by atoms with Gasteiger partial charge in [0.1, 0.15) is 11.8 Å². The number of hydrogen-bond donors (Lipinski definition) is 3. The van der Waals surface area contributed by atoms with Crippen molar-refractivity contribution in [3.05, 3.63) is 47.3 Å². The lowest BCUT2D eigenvalue weighted by molar-refractivity contribution is -0.137. The van der Waals surface area contributed by atoms with E-state index in [4.69, 9.17) is 9.84 Å². The second-order valence-corrected chi connectivity index (χ2v) is 6.45. The zero-order chi connectivity index (χ0) is 20.8. The van der Waals surface area contributed by atoms with E-state index in [1.807, 2.05) is 42.7 Å². The first-order valence-corrected chi connectivity index (χ1v) is 8.88. The maximum atomic E-state index is 12.6. The van der Waals surface area contributed by atoms with Crippen molar-refractivity contribution < 1.29 is 24.2 Å². The minimum Gasteiger partial charge on any atom is -0.497 e. The number of hydrogen-bond acceptors (Lipinski definition) is 4. The zero-order valence-corrected chi connectivity index (χ0v) is 16.4. The summed E-state index contributed by atoms with van der Waals surface area (Å²) in [5, 5.41) is 13.8. The minimum atomic E-state index is -0.997. The highest BCUT2D eigenvalue weighted by molar-refractivity contribution is 5.98. The van der Waals surface area contributed by atoms with Crippen molar-refractivity contribution in [1.82, 2.24) is 15.2 Å². The van der Waals surface area contributed by atoms with Gasteiger partial charge in [0.25, 0.3) is 5.91 Å². The fraction of sp³-hybridized carbons (Fsp3) is 0.350. The van der Waals surface area contributed by atoms with Gasteiger partial charge in [-0.1, -0.05) is 0 Å². The van der Waals surface area contributed by atoms with E-state index in [-0.39, 0.29) is 18.9 Å². The van der Waals surface area contributed by atoms with Gasteiger partial charge in [0.05, 0.1) is 19.1 Å². The van der Waals surface area contributed by atoms with Crippen LogP contribution in [0.4, 0.5) is 0 Å². The summed E-state index contributed by atoms with van der Waals surface area (Å²) in [5.41, 5.74) is 3.00. The highest BCUT2D eigenvalue weighted by Crippen LogP contribution is 2.22. The summed E-state index contributed by atoms with van der Waals surface area (Å²) in [6.45, 7) is 5.30. The van der Waals surface area contributed by atoms with E-state index >= 15 is 0 Å². The summed E-state index contributed by atoms with van der Waals surface area (Å²) in [7, 11) is 1.60. The average molecular weight is 387 g/mol. The lowest BCUT2D eigenvalue weighted by Crippen LogP contribution is -2.45. The van der Waals surface area contributed by atoms with E-state index in [9.17, 15) is 14.4 Å². The molecule has 0 aliphatic heterocycles. The molecule has 0 fully saturated rings. The third kappa shape index (κ3) is 4.91. The quantitative estimate of drug-likeness (QED) is 0.640. The van der Waals surface area contributed by atoms with Crippen LogP contribution in [-0.2, 0) is 9.59 Å². The number of aromatic nitrogens is 1. The van der Waals surface area contributed by atoms with E-state index in [1.165, 1.54) is 0 Å². The molecular weight excluding hydrogens is 362 g/mol. The van der Waals surface area contributed by atoms with E-state index in [1.54, 1.807) is 20.1 Å². The van der Waals surface area contributed by atoms with E-state index in [0.29, 0.717) is 5.56 Å². The molecular formula is C20H25N3O5. The van der Waals surface area contributed by atoms with Crippen LogP contribution in [0.25, 0.3) is 5.69 Å². The molecule has 0 saturated carbocycles. The largest absolute Gasteiger partial charge is 0.497 e. The molecule has 1 atom stereocenters. The molecule has 1 heterocycles. The first kappa shape index (κ1) is 21.0. The van der Waals surface area contributed by atoms with Gasteiger partial charge in [-0.15, -0.1) is 0 Å². The molecule has 2 amide bonds. The summed E-state index contributed by atoms with van der Waals surface area (Å²) in [4.78, 5) is 35.1. The first-order valence-electron chi connectivity index (χ1n) is 8.88. The number of amides is 2. The van der Waals surface area contributed by atoms with Crippen molar-refractivity contribution in [2.24, 2.45) is 0 Å². The maximum absolute atomic E-state index is 12.6. The third-order valence-corrected chi connectivity index (χ3v) is 4.39. The van der Waals surface area contributed by atoms with Gasteiger partial charge in [-0.25, -0.2) is 0 Å². The van der Waals surface area contributed by atoms with Crippen molar-refractivity contribution in [2.75, 3.05) is 13.7 Å². The van der Waals surface area contributed by atoms with Gasteiger partial charge in [0.15, 0.2) is 0 Å². The highest BCUT2D eigenvalue weighted by Gasteiger charge is 2.21. The lowest BCUT2D eigenvalue weighted by Gasteiger charge is -2.14. The Morgan fingerprint density at radius 3 is 2.39 bits per heavy atom. The summed E-state index contributed by atoms with van der Waals surface area (Å²) >= 11 is 0. The number of nitrogens with zero attached hydrogens (tertiary/aromatic N) is 1. The van der Waals surface area contributed by atoms with E-state index in [2.05, 4.69) is 10.6 Å². The molecule has 8 nitrogen and oxygen atoms in total. The Hall–Kier alpha value is -3.29. The first-order chi connectivity index (χ1) is 13.2. The zero-order valence-electron chi connectivity index (χ0n) is 16.4. The Balaban J connectivity index is 2.11. The van der Waals surface area contributed by atoms with Crippen LogP contribution in [0.3, 0.4) is 0 Å². The van der Waals surface area contributed by atoms with Gasteiger partial charge in [-0.05, 0) is 51.1 Å². The standard InChI is InChI=1S/C20H25N3O5/c1-12-11-17(14(3)23(12)15-5-7-16(28-4)8-6-15)20(27)22-13(2)19(26)21-10-9-18(24)25/h5-8,11,13H,9-10H2,1-4H3,(H,21,26)(H,22,27)(H,24,25). The topological polar surface area (TPSA) is 110 Å².